The lowest BCUT2D eigenvalue weighted by Crippen LogP contribution is -2.44. The Hall–Kier alpha value is -2.37. The summed E-state index contributed by atoms with van der Waals surface area (Å²) >= 11 is 6.22. The second kappa shape index (κ2) is 7.09. The minimum atomic E-state index is 0.685. The van der Waals surface area contributed by atoms with E-state index in [2.05, 4.69) is 38.9 Å². The fraction of sp³-hybridized carbons (Fsp3) is 0.300. The van der Waals surface area contributed by atoms with E-state index in [1.54, 1.807) is 13.4 Å². The van der Waals surface area contributed by atoms with E-state index in [1.807, 2.05) is 24.3 Å². The molecule has 2 aromatic carbocycles. The van der Waals surface area contributed by atoms with E-state index < -0.39 is 0 Å². The fourth-order valence-electron chi connectivity index (χ4n) is 3.39. The quantitative estimate of drug-likeness (QED) is 0.705. The van der Waals surface area contributed by atoms with Crippen molar-refractivity contribution < 1.29 is 4.74 Å². The third-order valence-electron chi connectivity index (χ3n) is 4.89. The van der Waals surface area contributed by atoms with Gasteiger partial charge in [0.25, 0.3) is 0 Å². The maximum Gasteiger partial charge on any atom is 0.139 e. The summed E-state index contributed by atoms with van der Waals surface area (Å²) in [4.78, 5) is 13.7. The number of hydrogen-bond acceptors (Lipinski definition) is 5. The van der Waals surface area contributed by atoms with Crippen LogP contribution in [0.1, 0.15) is 0 Å². The Balaban J connectivity index is 1.82. The van der Waals surface area contributed by atoms with Crippen molar-refractivity contribution in [1.29, 1.82) is 0 Å². The Morgan fingerprint density at radius 1 is 1.00 bits per heavy atom. The van der Waals surface area contributed by atoms with Gasteiger partial charge in [-0.15, -0.1) is 0 Å². The smallest absolute Gasteiger partial charge is 0.139 e. The molecule has 0 atom stereocenters. The van der Waals surface area contributed by atoms with Crippen LogP contribution in [0.3, 0.4) is 0 Å². The molecule has 6 heteroatoms. The Morgan fingerprint density at radius 2 is 1.81 bits per heavy atom. The molecule has 0 aliphatic carbocycles. The normalized spacial score (nSPS) is 15.4. The standard InChI is InChI=1S/C20H21ClN4O/c1-24-7-9-25(10-8-24)20-17-11-14(3-5-18(17)22-13-23-20)16-12-15(21)4-6-19(16)26-2/h3-6,11-13H,7-10H2,1-2H3. The first-order chi connectivity index (χ1) is 12.7. The van der Waals surface area contributed by atoms with Crippen LogP contribution in [-0.4, -0.2) is 55.2 Å². The molecule has 26 heavy (non-hydrogen) atoms. The van der Waals surface area contributed by atoms with Gasteiger partial charge in [0.2, 0.25) is 0 Å². The average molecular weight is 369 g/mol. The van der Waals surface area contributed by atoms with Crippen molar-refractivity contribution in [1.82, 2.24) is 14.9 Å². The summed E-state index contributed by atoms with van der Waals surface area (Å²) in [6.45, 7) is 4.00. The first-order valence-corrected chi connectivity index (χ1v) is 9.05. The Kier molecular flexibility index (Phi) is 4.66. The molecule has 0 spiro atoms. The van der Waals surface area contributed by atoms with Crippen molar-refractivity contribution in [3.05, 3.63) is 47.7 Å². The lowest BCUT2D eigenvalue weighted by atomic mass is 10.0. The Morgan fingerprint density at radius 3 is 2.58 bits per heavy atom. The van der Waals surface area contributed by atoms with E-state index in [9.17, 15) is 0 Å². The van der Waals surface area contributed by atoms with Gasteiger partial charge in [0, 0.05) is 42.2 Å². The largest absolute Gasteiger partial charge is 0.496 e. The summed E-state index contributed by atoms with van der Waals surface area (Å²) in [5, 5.41) is 1.74. The molecule has 0 N–H and O–H groups in total. The summed E-state index contributed by atoms with van der Waals surface area (Å²) in [6, 6.07) is 11.9. The number of likely N-dealkylation sites (N-methyl/N-ethyl adjacent to an activating group) is 1. The number of piperazine rings is 1. The van der Waals surface area contributed by atoms with E-state index in [-0.39, 0.29) is 0 Å². The zero-order valence-electron chi connectivity index (χ0n) is 14.9. The third kappa shape index (κ3) is 3.20. The zero-order chi connectivity index (χ0) is 18.1. The van der Waals surface area contributed by atoms with Gasteiger partial charge in [-0.05, 0) is 42.9 Å². The third-order valence-corrected chi connectivity index (χ3v) is 5.12. The number of hydrogen-bond donors (Lipinski definition) is 0. The van der Waals surface area contributed by atoms with Crippen LogP contribution in [0.2, 0.25) is 5.02 Å². The maximum absolute atomic E-state index is 6.22. The van der Waals surface area contributed by atoms with Gasteiger partial charge in [-0.25, -0.2) is 9.97 Å². The van der Waals surface area contributed by atoms with Gasteiger partial charge < -0.3 is 14.5 Å². The van der Waals surface area contributed by atoms with Crippen LogP contribution >= 0.6 is 11.6 Å². The molecule has 1 aliphatic rings. The highest BCUT2D eigenvalue weighted by atomic mass is 35.5. The molecule has 0 saturated carbocycles. The Labute approximate surface area is 158 Å². The number of fused-ring (bicyclic) bond motifs is 1. The zero-order valence-corrected chi connectivity index (χ0v) is 15.7. The summed E-state index contributed by atoms with van der Waals surface area (Å²) in [7, 11) is 3.82. The molecular weight excluding hydrogens is 348 g/mol. The summed E-state index contributed by atoms with van der Waals surface area (Å²) in [6.07, 6.45) is 1.65. The van der Waals surface area contributed by atoms with E-state index in [0.717, 1.165) is 59.8 Å². The first kappa shape index (κ1) is 17.1. The van der Waals surface area contributed by atoms with Gasteiger partial charge in [0.1, 0.15) is 17.9 Å². The topological polar surface area (TPSA) is 41.5 Å². The highest BCUT2D eigenvalue weighted by Gasteiger charge is 2.18. The lowest BCUT2D eigenvalue weighted by Gasteiger charge is -2.33. The summed E-state index contributed by atoms with van der Waals surface area (Å²) in [5.74, 6) is 1.79. The number of rotatable bonds is 3. The van der Waals surface area contributed by atoms with Gasteiger partial charge in [-0.2, -0.15) is 0 Å². The lowest BCUT2D eigenvalue weighted by molar-refractivity contribution is 0.312. The van der Waals surface area contributed by atoms with Gasteiger partial charge in [-0.3, -0.25) is 0 Å². The predicted molar refractivity (Wildman–Crippen MR) is 106 cm³/mol. The monoisotopic (exact) mass is 368 g/mol. The summed E-state index contributed by atoms with van der Waals surface area (Å²) < 4.78 is 5.52. The number of methoxy groups -OCH3 is 1. The van der Waals surface area contributed by atoms with Crippen LogP contribution in [0.15, 0.2) is 42.7 Å². The van der Waals surface area contributed by atoms with Crippen molar-refractivity contribution in [3.63, 3.8) is 0 Å². The summed E-state index contributed by atoms with van der Waals surface area (Å²) in [5.41, 5.74) is 2.95. The van der Waals surface area contributed by atoms with Gasteiger partial charge >= 0.3 is 0 Å². The van der Waals surface area contributed by atoms with Gasteiger partial charge in [-0.1, -0.05) is 17.7 Å². The van der Waals surface area contributed by atoms with Crippen LogP contribution in [-0.2, 0) is 0 Å². The van der Waals surface area contributed by atoms with Gasteiger partial charge in [0.05, 0.1) is 12.6 Å². The minimum Gasteiger partial charge on any atom is -0.496 e. The molecule has 0 unspecified atom stereocenters. The molecule has 2 heterocycles. The van der Waals surface area contributed by atoms with Gasteiger partial charge in [0.15, 0.2) is 0 Å². The van der Waals surface area contributed by atoms with Crippen molar-refractivity contribution in [3.8, 4) is 16.9 Å². The van der Waals surface area contributed by atoms with Crippen molar-refractivity contribution in [2.24, 2.45) is 0 Å². The fourth-order valence-corrected chi connectivity index (χ4v) is 3.56. The molecule has 0 radical (unpaired) electrons. The minimum absolute atomic E-state index is 0.685. The van der Waals surface area contributed by atoms with E-state index >= 15 is 0 Å². The van der Waals surface area contributed by atoms with E-state index in [1.165, 1.54) is 0 Å². The Bertz CT molecular complexity index is 938. The molecule has 134 valence electrons. The van der Waals surface area contributed by atoms with Crippen LogP contribution in [0.25, 0.3) is 22.0 Å². The van der Waals surface area contributed by atoms with Crippen molar-refractivity contribution in [2.45, 2.75) is 0 Å². The SMILES string of the molecule is COc1ccc(Cl)cc1-c1ccc2ncnc(N3CCN(C)CC3)c2c1. The number of aromatic nitrogens is 2. The van der Waals surface area contributed by atoms with E-state index in [0.29, 0.717) is 5.02 Å². The van der Waals surface area contributed by atoms with Crippen LogP contribution in [0, 0.1) is 0 Å². The molecule has 1 aliphatic heterocycles. The predicted octanol–water partition coefficient (Wildman–Crippen LogP) is 3.71. The average Bonchev–Trinajstić information content (AvgIpc) is 2.68. The highest BCUT2D eigenvalue weighted by Crippen LogP contribution is 2.35. The van der Waals surface area contributed by atoms with Crippen LogP contribution in [0.4, 0.5) is 5.82 Å². The maximum atomic E-state index is 6.22. The second-order valence-electron chi connectivity index (χ2n) is 6.56. The number of halogens is 1. The molecule has 1 aromatic heterocycles. The number of benzene rings is 2. The number of ether oxygens (including phenoxy) is 1. The molecule has 0 bridgehead atoms. The molecule has 1 fully saturated rings. The van der Waals surface area contributed by atoms with Crippen molar-refractivity contribution >= 4 is 28.3 Å². The molecule has 1 saturated heterocycles. The molecular formula is C20H21ClN4O. The van der Waals surface area contributed by atoms with Crippen LogP contribution in [0.5, 0.6) is 5.75 Å². The molecule has 3 aromatic rings. The van der Waals surface area contributed by atoms with Crippen molar-refractivity contribution in [2.75, 3.05) is 45.2 Å². The number of nitrogens with zero attached hydrogens (tertiary/aromatic N) is 4. The first-order valence-electron chi connectivity index (χ1n) is 8.68. The molecule has 5 nitrogen and oxygen atoms in total. The highest BCUT2D eigenvalue weighted by molar-refractivity contribution is 6.31. The number of anilines is 1. The van der Waals surface area contributed by atoms with E-state index in [4.69, 9.17) is 16.3 Å². The molecule has 4 rings (SSSR count). The second-order valence-corrected chi connectivity index (χ2v) is 7.00. The van der Waals surface area contributed by atoms with Crippen LogP contribution < -0.4 is 9.64 Å². The molecule has 0 amide bonds.